The van der Waals surface area contributed by atoms with Crippen molar-refractivity contribution in [2.75, 3.05) is 6.61 Å². The van der Waals surface area contributed by atoms with E-state index < -0.39 is 0 Å². The molecule has 0 spiro atoms. The van der Waals surface area contributed by atoms with Crippen molar-refractivity contribution in [2.45, 2.75) is 38.5 Å². The van der Waals surface area contributed by atoms with Gasteiger partial charge >= 0.3 is 5.97 Å². The van der Waals surface area contributed by atoms with Crippen molar-refractivity contribution in [3.63, 3.8) is 0 Å². The summed E-state index contributed by atoms with van der Waals surface area (Å²) in [6.07, 6.45) is 5.59. The summed E-state index contributed by atoms with van der Waals surface area (Å²) in [5.74, 6) is 0.344. The van der Waals surface area contributed by atoms with Crippen LogP contribution in [0.2, 0.25) is 5.02 Å². The number of ether oxygens (including phenoxy) is 1. The second kappa shape index (κ2) is 6.76. The molecule has 19 heavy (non-hydrogen) atoms. The largest absolute Gasteiger partial charge is 0.462 e. The Bertz CT molecular complexity index is 462. The number of allylic oxidation sites excluding steroid dienone is 1. The van der Waals surface area contributed by atoms with Gasteiger partial charge in [0.05, 0.1) is 6.61 Å². The lowest BCUT2D eigenvalue weighted by molar-refractivity contribution is -0.139. The SMILES string of the molecule is CCCOC(=O)C1=CCC(c2ccc(Cl)cc2)CC1. The normalized spacial score (nSPS) is 18.8. The van der Waals surface area contributed by atoms with Gasteiger partial charge in [0, 0.05) is 10.6 Å². The van der Waals surface area contributed by atoms with E-state index in [-0.39, 0.29) is 5.97 Å². The van der Waals surface area contributed by atoms with E-state index in [0.717, 1.165) is 36.3 Å². The van der Waals surface area contributed by atoms with Gasteiger partial charge in [0.1, 0.15) is 0 Å². The van der Waals surface area contributed by atoms with Gasteiger partial charge in [-0.2, -0.15) is 0 Å². The van der Waals surface area contributed by atoms with Crippen molar-refractivity contribution in [1.29, 1.82) is 0 Å². The van der Waals surface area contributed by atoms with Gasteiger partial charge < -0.3 is 4.74 Å². The molecule has 0 aromatic heterocycles. The third kappa shape index (κ3) is 3.84. The molecule has 0 bridgehead atoms. The highest BCUT2D eigenvalue weighted by molar-refractivity contribution is 6.30. The molecule has 2 nitrogen and oxygen atoms in total. The lowest BCUT2D eigenvalue weighted by Crippen LogP contribution is -2.13. The van der Waals surface area contributed by atoms with E-state index in [9.17, 15) is 4.79 Å². The molecule has 1 unspecified atom stereocenters. The minimum absolute atomic E-state index is 0.142. The minimum Gasteiger partial charge on any atom is -0.462 e. The Balaban J connectivity index is 1.95. The van der Waals surface area contributed by atoms with Crippen LogP contribution in [0.5, 0.6) is 0 Å². The quantitative estimate of drug-likeness (QED) is 0.759. The Labute approximate surface area is 119 Å². The van der Waals surface area contributed by atoms with E-state index >= 15 is 0 Å². The van der Waals surface area contributed by atoms with Crippen LogP contribution in [0.1, 0.15) is 44.1 Å². The first-order chi connectivity index (χ1) is 9.20. The summed E-state index contributed by atoms with van der Waals surface area (Å²) < 4.78 is 5.16. The van der Waals surface area contributed by atoms with Gasteiger partial charge in [-0.05, 0) is 49.3 Å². The first kappa shape index (κ1) is 14.1. The predicted octanol–water partition coefficient (Wildman–Crippen LogP) is 4.49. The van der Waals surface area contributed by atoms with Gasteiger partial charge in [-0.15, -0.1) is 0 Å². The van der Waals surface area contributed by atoms with Gasteiger partial charge in [-0.25, -0.2) is 4.79 Å². The highest BCUT2D eigenvalue weighted by Crippen LogP contribution is 2.32. The molecule has 0 saturated carbocycles. The molecular formula is C16H19ClO2. The molecule has 1 aliphatic carbocycles. The zero-order chi connectivity index (χ0) is 13.7. The molecule has 1 aromatic rings. The first-order valence-corrected chi connectivity index (χ1v) is 7.20. The third-order valence-electron chi connectivity index (χ3n) is 3.45. The Morgan fingerprint density at radius 2 is 2.11 bits per heavy atom. The van der Waals surface area contributed by atoms with Crippen LogP contribution >= 0.6 is 11.6 Å². The molecule has 3 heteroatoms. The van der Waals surface area contributed by atoms with Crippen LogP contribution in [-0.2, 0) is 9.53 Å². The lowest BCUT2D eigenvalue weighted by Gasteiger charge is -2.21. The van der Waals surface area contributed by atoms with Crippen molar-refractivity contribution in [3.05, 3.63) is 46.5 Å². The maximum atomic E-state index is 11.7. The van der Waals surface area contributed by atoms with E-state index in [1.807, 2.05) is 25.1 Å². The fourth-order valence-electron chi connectivity index (χ4n) is 2.34. The summed E-state index contributed by atoms with van der Waals surface area (Å²) >= 11 is 5.89. The summed E-state index contributed by atoms with van der Waals surface area (Å²) in [6, 6.07) is 7.99. The highest BCUT2D eigenvalue weighted by atomic mass is 35.5. The summed E-state index contributed by atoms with van der Waals surface area (Å²) in [6.45, 7) is 2.51. The van der Waals surface area contributed by atoms with E-state index in [2.05, 4.69) is 12.1 Å². The molecule has 1 atom stereocenters. The van der Waals surface area contributed by atoms with Crippen molar-refractivity contribution in [2.24, 2.45) is 0 Å². The van der Waals surface area contributed by atoms with E-state index in [4.69, 9.17) is 16.3 Å². The molecule has 2 rings (SSSR count). The Kier molecular flexibility index (Phi) is 5.03. The molecule has 1 aromatic carbocycles. The fraction of sp³-hybridized carbons (Fsp3) is 0.438. The summed E-state index contributed by atoms with van der Waals surface area (Å²) in [5.41, 5.74) is 2.13. The summed E-state index contributed by atoms with van der Waals surface area (Å²) in [4.78, 5) is 11.7. The number of rotatable bonds is 4. The van der Waals surface area contributed by atoms with Crippen LogP contribution in [0.25, 0.3) is 0 Å². The number of carbonyl (C=O) groups excluding carboxylic acids is 1. The van der Waals surface area contributed by atoms with Crippen LogP contribution in [0.4, 0.5) is 0 Å². The number of halogens is 1. The smallest absolute Gasteiger partial charge is 0.333 e. The number of esters is 1. The Morgan fingerprint density at radius 1 is 1.37 bits per heavy atom. The van der Waals surface area contributed by atoms with Crippen molar-refractivity contribution in [1.82, 2.24) is 0 Å². The van der Waals surface area contributed by atoms with Crippen molar-refractivity contribution < 1.29 is 9.53 Å². The van der Waals surface area contributed by atoms with Gasteiger partial charge in [0.15, 0.2) is 0 Å². The molecule has 0 aliphatic heterocycles. The zero-order valence-corrected chi connectivity index (χ0v) is 12.0. The topological polar surface area (TPSA) is 26.3 Å². The van der Waals surface area contributed by atoms with Crippen LogP contribution in [0, 0.1) is 0 Å². The molecule has 0 saturated heterocycles. The fourth-order valence-corrected chi connectivity index (χ4v) is 2.47. The van der Waals surface area contributed by atoms with Gasteiger partial charge in [0.2, 0.25) is 0 Å². The van der Waals surface area contributed by atoms with Crippen LogP contribution in [-0.4, -0.2) is 12.6 Å². The standard InChI is InChI=1S/C16H19ClO2/c1-2-11-19-16(18)14-5-3-12(4-6-14)13-7-9-15(17)10-8-13/h5,7-10,12H,2-4,6,11H2,1H3. The van der Waals surface area contributed by atoms with Crippen LogP contribution in [0.15, 0.2) is 35.9 Å². The molecule has 102 valence electrons. The Hall–Kier alpha value is -1.28. The second-order valence-electron chi connectivity index (χ2n) is 4.89. The van der Waals surface area contributed by atoms with E-state index in [0.29, 0.717) is 12.5 Å². The highest BCUT2D eigenvalue weighted by Gasteiger charge is 2.20. The summed E-state index contributed by atoms with van der Waals surface area (Å²) in [5, 5.41) is 0.763. The number of carbonyl (C=O) groups is 1. The molecule has 0 heterocycles. The monoisotopic (exact) mass is 278 g/mol. The van der Waals surface area contributed by atoms with Gasteiger partial charge in [-0.1, -0.05) is 36.7 Å². The molecule has 0 N–H and O–H groups in total. The molecule has 0 fully saturated rings. The van der Waals surface area contributed by atoms with Gasteiger partial charge in [-0.3, -0.25) is 0 Å². The maximum Gasteiger partial charge on any atom is 0.333 e. The third-order valence-corrected chi connectivity index (χ3v) is 3.70. The number of hydrogen-bond acceptors (Lipinski definition) is 2. The Morgan fingerprint density at radius 3 is 2.68 bits per heavy atom. The van der Waals surface area contributed by atoms with E-state index in [1.165, 1.54) is 5.56 Å². The van der Waals surface area contributed by atoms with Crippen molar-refractivity contribution in [3.8, 4) is 0 Å². The van der Waals surface area contributed by atoms with Crippen LogP contribution in [0.3, 0.4) is 0 Å². The molecule has 1 aliphatic rings. The average molecular weight is 279 g/mol. The van der Waals surface area contributed by atoms with Gasteiger partial charge in [0.25, 0.3) is 0 Å². The number of benzene rings is 1. The molecule has 0 radical (unpaired) electrons. The van der Waals surface area contributed by atoms with E-state index in [1.54, 1.807) is 0 Å². The first-order valence-electron chi connectivity index (χ1n) is 6.82. The lowest BCUT2D eigenvalue weighted by atomic mass is 9.85. The number of hydrogen-bond donors (Lipinski definition) is 0. The van der Waals surface area contributed by atoms with Crippen molar-refractivity contribution >= 4 is 17.6 Å². The molecule has 0 amide bonds. The van der Waals surface area contributed by atoms with Crippen LogP contribution < -0.4 is 0 Å². The average Bonchev–Trinajstić information content (AvgIpc) is 2.46. The maximum absolute atomic E-state index is 11.7. The molecular weight excluding hydrogens is 260 g/mol. The zero-order valence-electron chi connectivity index (χ0n) is 11.2. The predicted molar refractivity (Wildman–Crippen MR) is 77.4 cm³/mol. The minimum atomic E-state index is -0.142. The summed E-state index contributed by atoms with van der Waals surface area (Å²) in [7, 11) is 0. The second-order valence-corrected chi connectivity index (χ2v) is 5.32.